The molecule has 0 spiro atoms. The van der Waals surface area contributed by atoms with E-state index < -0.39 is 0 Å². The Morgan fingerprint density at radius 3 is 2.43 bits per heavy atom. The Balaban J connectivity index is 2.06. The molecule has 0 saturated heterocycles. The molecule has 0 aliphatic heterocycles. The Morgan fingerprint density at radius 2 is 1.86 bits per heavy atom. The van der Waals surface area contributed by atoms with Crippen molar-refractivity contribution in [2.45, 2.75) is 19.4 Å². The first-order chi connectivity index (χ1) is 10.1. The van der Waals surface area contributed by atoms with Gasteiger partial charge in [0, 0.05) is 6.04 Å². The van der Waals surface area contributed by atoms with E-state index in [2.05, 4.69) is 15.9 Å². The van der Waals surface area contributed by atoms with Gasteiger partial charge in [-0.25, -0.2) is 0 Å². The zero-order chi connectivity index (χ0) is 15.2. The van der Waals surface area contributed by atoms with E-state index in [1.165, 1.54) is 5.56 Å². The highest BCUT2D eigenvalue weighted by molar-refractivity contribution is 9.10. The molecule has 1 atom stereocenters. The summed E-state index contributed by atoms with van der Waals surface area (Å²) in [6.07, 6.45) is 0.774. The first kappa shape index (κ1) is 15.9. The third kappa shape index (κ3) is 4.22. The maximum absolute atomic E-state index is 6.28. The van der Waals surface area contributed by atoms with Crippen LogP contribution in [0, 0.1) is 0 Å². The molecule has 0 aliphatic rings. The van der Waals surface area contributed by atoms with Gasteiger partial charge in [-0.1, -0.05) is 18.2 Å². The molecule has 112 valence electrons. The standard InChI is InChI=1S/C17H20BrNO2/c1-3-21-14-7-5-13(6-8-14)16(19)11-12-4-9-17(20-2)15(18)10-12/h4-10,16H,3,11,19H2,1-2H3. The van der Waals surface area contributed by atoms with Gasteiger partial charge in [-0.2, -0.15) is 0 Å². The van der Waals surface area contributed by atoms with Gasteiger partial charge in [0.1, 0.15) is 11.5 Å². The normalized spacial score (nSPS) is 12.0. The van der Waals surface area contributed by atoms with Crippen molar-refractivity contribution in [3.05, 3.63) is 58.1 Å². The Hall–Kier alpha value is -1.52. The van der Waals surface area contributed by atoms with Crippen LogP contribution in [0.15, 0.2) is 46.9 Å². The van der Waals surface area contributed by atoms with Crippen LogP contribution in [0.1, 0.15) is 24.1 Å². The van der Waals surface area contributed by atoms with E-state index in [1.54, 1.807) is 7.11 Å². The molecule has 3 nitrogen and oxygen atoms in total. The lowest BCUT2D eigenvalue weighted by molar-refractivity contribution is 0.340. The minimum atomic E-state index is -0.0408. The topological polar surface area (TPSA) is 44.5 Å². The Kier molecular flexibility index (Phi) is 5.65. The Labute approximate surface area is 134 Å². The van der Waals surface area contributed by atoms with Gasteiger partial charge in [0.05, 0.1) is 18.2 Å². The summed E-state index contributed by atoms with van der Waals surface area (Å²) in [6, 6.07) is 14.0. The second-order valence-electron chi connectivity index (χ2n) is 4.78. The maximum Gasteiger partial charge on any atom is 0.133 e. The monoisotopic (exact) mass is 349 g/mol. The van der Waals surface area contributed by atoms with E-state index in [9.17, 15) is 0 Å². The summed E-state index contributed by atoms with van der Waals surface area (Å²) in [5.74, 6) is 1.70. The number of hydrogen-bond acceptors (Lipinski definition) is 3. The fraction of sp³-hybridized carbons (Fsp3) is 0.294. The Morgan fingerprint density at radius 1 is 1.14 bits per heavy atom. The van der Waals surface area contributed by atoms with Gasteiger partial charge in [0.2, 0.25) is 0 Å². The van der Waals surface area contributed by atoms with Crippen LogP contribution in [0.4, 0.5) is 0 Å². The van der Waals surface area contributed by atoms with E-state index in [0.29, 0.717) is 6.61 Å². The van der Waals surface area contributed by atoms with E-state index >= 15 is 0 Å². The van der Waals surface area contributed by atoms with Gasteiger partial charge in [-0.15, -0.1) is 0 Å². The zero-order valence-corrected chi connectivity index (χ0v) is 13.9. The van der Waals surface area contributed by atoms with E-state index in [-0.39, 0.29) is 6.04 Å². The molecule has 0 amide bonds. The Bertz CT molecular complexity index is 584. The van der Waals surface area contributed by atoms with Crippen LogP contribution < -0.4 is 15.2 Å². The number of methoxy groups -OCH3 is 1. The molecule has 21 heavy (non-hydrogen) atoms. The van der Waals surface area contributed by atoms with Crippen LogP contribution in [0.2, 0.25) is 0 Å². The fourth-order valence-electron chi connectivity index (χ4n) is 2.19. The van der Waals surface area contributed by atoms with Crippen LogP contribution in [-0.2, 0) is 6.42 Å². The number of rotatable bonds is 6. The van der Waals surface area contributed by atoms with Crippen molar-refractivity contribution in [3.8, 4) is 11.5 Å². The van der Waals surface area contributed by atoms with Crippen LogP contribution in [0.5, 0.6) is 11.5 Å². The molecular weight excluding hydrogens is 330 g/mol. The van der Waals surface area contributed by atoms with Gasteiger partial charge in [-0.3, -0.25) is 0 Å². The number of benzene rings is 2. The first-order valence-electron chi connectivity index (χ1n) is 6.94. The van der Waals surface area contributed by atoms with E-state index in [1.807, 2.05) is 49.4 Å². The van der Waals surface area contributed by atoms with Gasteiger partial charge < -0.3 is 15.2 Å². The van der Waals surface area contributed by atoms with E-state index in [0.717, 1.165) is 28.0 Å². The van der Waals surface area contributed by atoms with Crippen LogP contribution in [-0.4, -0.2) is 13.7 Å². The van der Waals surface area contributed by atoms with Crippen molar-refractivity contribution < 1.29 is 9.47 Å². The van der Waals surface area contributed by atoms with Crippen LogP contribution in [0.25, 0.3) is 0 Å². The van der Waals surface area contributed by atoms with E-state index in [4.69, 9.17) is 15.2 Å². The van der Waals surface area contributed by atoms with Gasteiger partial charge in [0.15, 0.2) is 0 Å². The molecule has 0 heterocycles. The zero-order valence-electron chi connectivity index (χ0n) is 12.3. The summed E-state index contributed by atoms with van der Waals surface area (Å²) < 4.78 is 11.6. The SMILES string of the molecule is CCOc1ccc(C(N)Cc2ccc(OC)c(Br)c2)cc1. The summed E-state index contributed by atoms with van der Waals surface area (Å²) in [7, 11) is 1.66. The number of halogens is 1. The van der Waals surface area contributed by atoms with Gasteiger partial charge in [0.25, 0.3) is 0 Å². The van der Waals surface area contributed by atoms with Crippen molar-refractivity contribution in [3.63, 3.8) is 0 Å². The molecular formula is C17H20BrNO2. The molecule has 2 aromatic carbocycles. The second kappa shape index (κ2) is 7.48. The highest BCUT2D eigenvalue weighted by atomic mass is 79.9. The molecule has 4 heteroatoms. The lowest BCUT2D eigenvalue weighted by atomic mass is 9.99. The first-order valence-corrected chi connectivity index (χ1v) is 7.74. The van der Waals surface area contributed by atoms with Gasteiger partial charge in [-0.05, 0) is 64.7 Å². The highest BCUT2D eigenvalue weighted by Gasteiger charge is 2.09. The predicted molar refractivity (Wildman–Crippen MR) is 88.9 cm³/mol. The summed E-state index contributed by atoms with van der Waals surface area (Å²) in [4.78, 5) is 0. The largest absolute Gasteiger partial charge is 0.496 e. The summed E-state index contributed by atoms with van der Waals surface area (Å²) >= 11 is 3.50. The molecule has 1 unspecified atom stereocenters. The lowest BCUT2D eigenvalue weighted by Gasteiger charge is -2.14. The van der Waals surface area contributed by atoms with Crippen LogP contribution >= 0.6 is 15.9 Å². The fourth-order valence-corrected chi connectivity index (χ4v) is 2.77. The smallest absolute Gasteiger partial charge is 0.133 e. The van der Waals surface area contributed by atoms with Gasteiger partial charge >= 0.3 is 0 Å². The number of hydrogen-bond donors (Lipinski definition) is 1. The third-order valence-electron chi connectivity index (χ3n) is 3.29. The highest BCUT2D eigenvalue weighted by Crippen LogP contribution is 2.27. The van der Waals surface area contributed by atoms with Crippen molar-refractivity contribution >= 4 is 15.9 Å². The minimum Gasteiger partial charge on any atom is -0.496 e. The third-order valence-corrected chi connectivity index (χ3v) is 3.91. The van der Waals surface area contributed by atoms with Crippen molar-refractivity contribution in [2.24, 2.45) is 5.73 Å². The van der Waals surface area contributed by atoms with Crippen molar-refractivity contribution in [2.75, 3.05) is 13.7 Å². The van der Waals surface area contributed by atoms with Crippen molar-refractivity contribution in [1.82, 2.24) is 0 Å². The molecule has 0 fully saturated rings. The predicted octanol–water partition coefficient (Wildman–Crippen LogP) is 4.10. The molecule has 2 aromatic rings. The summed E-state index contributed by atoms with van der Waals surface area (Å²) in [5.41, 5.74) is 8.56. The molecule has 0 aromatic heterocycles. The second-order valence-corrected chi connectivity index (χ2v) is 5.64. The summed E-state index contributed by atoms with van der Waals surface area (Å²) in [6.45, 7) is 2.65. The summed E-state index contributed by atoms with van der Waals surface area (Å²) in [5, 5.41) is 0. The quantitative estimate of drug-likeness (QED) is 0.853. The molecule has 2 N–H and O–H groups in total. The molecule has 0 bridgehead atoms. The average Bonchev–Trinajstić information content (AvgIpc) is 2.48. The average molecular weight is 350 g/mol. The lowest BCUT2D eigenvalue weighted by Crippen LogP contribution is -2.13. The van der Waals surface area contributed by atoms with Crippen LogP contribution in [0.3, 0.4) is 0 Å². The number of ether oxygens (including phenoxy) is 2. The number of nitrogens with two attached hydrogens (primary N) is 1. The molecule has 0 radical (unpaired) electrons. The maximum atomic E-state index is 6.28. The molecule has 0 saturated carbocycles. The minimum absolute atomic E-state index is 0.0408. The molecule has 2 rings (SSSR count). The molecule has 0 aliphatic carbocycles. The van der Waals surface area contributed by atoms with Crippen molar-refractivity contribution in [1.29, 1.82) is 0 Å².